The number of ether oxygens (including phenoxy) is 1. The summed E-state index contributed by atoms with van der Waals surface area (Å²) < 4.78 is 38.3. The zero-order chi connectivity index (χ0) is 16.3. The van der Waals surface area contributed by atoms with Gasteiger partial charge in [0, 0.05) is 23.1 Å². The summed E-state index contributed by atoms with van der Waals surface area (Å²) in [6.45, 7) is 3.05. The lowest BCUT2D eigenvalue weighted by molar-refractivity contribution is -0.112. The first-order valence-corrected chi connectivity index (χ1v) is 8.20. The second-order valence-electron chi connectivity index (χ2n) is 5.92. The largest absolute Gasteiger partial charge is 0.485 e. The van der Waals surface area contributed by atoms with Gasteiger partial charge in [-0.2, -0.15) is 8.42 Å². The molecule has 0 saturated heterocycles. The van der Waals surface area contributed by atoms with Crippen molar-refractivity contribution in [3.63, 3.8) is 0 Å². The summed E-state index contributed by atoms with van der Waals surface area (Å²) in [5.74, 6) is -1.24. The second-order valence-corrected chi connectivity index (χ2v) is 7.52. The molecule has 0 unspecified atom stereocenters. The maximum Gasteiger partial charge on any atom is 0.272 e. The SMILES string of the molecule is CC1(C)OC2=C(C[C@@H]1S(=O)(=O)O)C(=O)C(=O)c1ccccc12. The van der Waals surface area contributed by atoms with Crippen LogP contribution in [-0.2, 0) is 19.6 Å². The van der Waals surface area contributed by atoms with Gasteiger partial charge in [0.25, 0.3) is 10.1 Å². The molecule has 1 heterocycles. The third-order valence-corrected chi connectivity index (χ3v) is 5.51. The average Bonchev–Trinajstić information content (AvgIpc) is 2.42. The van der Waals surface area contributed by atoms with Gasteiger partial charge >= 0.3 is 0 Å². The van der Waals surface area contributed by atoms with Crippen LogP contribution in [-0.4, -0.2) is 35.4 Å². The van der Waals surface area contributed by atoms with Crippen molar-refractivity contribution < 1.29 is 27.3 Å². The van der Waals surface area contributed by atoms with E-state index in [-0.39, 0.29) is 23.3 Å². The molecule has 7 heteroatoms. The van der Waals surface area contributed by atoms with Crippen LogP contribution in [0.25, 0.3) is 5.76 Å². The highest BCUT2D eigenvalue weighted by Gasteiger charge is 2.49. The van der Waals surface area contributed by atoms with Crippen molar-refractivity contribution >= 4 is 27.4 Å². The molecule has 1 aromatic rings. The molecule has 0 bridgehead atoms. The molecule has 0 fully saturated rings. The van der Waals surface area contributed by atoms with E-state index < -0.39 is 32.5 Å². The van der Waals surface area contributed by atoms with Crippen LogP contribution in [0.3, 0.4) is 0 Å². The summed E-state index contributed by atoms with van der Waals surface area (Å²) in [6.07, 6.45) is -0.250. The van der Waals surface area contributed by atoms with Gasteiger partial charge < -0.3 is 4.74 Å². The molecule has 116 valence electrons. The van der Waals surface area contributed by atoms with E-state index in [1.54, 1.807) is 18.2 Å². The Kier molecular flexibility index (Phi) is 3.05. The molecule has 2 aliphatic rings. The fourth-order valence-electron chi connectivity index (χ4n) is 2.93. The Bertz CT molecular complexity index is 831. The molecule has 1 N–H and O–H groups in total. The van der Waals surface area contributed by atoms with Crippen molar-refractivity contribution in [3.8, 4) is 0 Å². The van der Waals surface area contributed by atoms with E-state index in [0.29, 0.717) is 5.56 Å². The quantitative estimate of drug-likeness (QED) is 0.623. The van der Waals surface area contributed by atoms with Gasteiger partial charge in [-0.3, -0.25) is 14.1 Å². The van der Waals surface area contributed by atoms with Crippen LogP contribution in [0.1, 0.15) is 36.2 Å². The van der Waals surface area contributed by atoms with E-state index >= 15 is 0 Å². The predicted molar refractivity (Wildman–Crippen MR) is 77.8 cm³/mol. The molecule has 0 amide bonds. The predicted octanol–water partition coefficient (Wildman–Crippen LogP) is 1.62. The minimum atomic E-state index is -4.43. The van der Waals surface area contributed by atoms with Gasteiger partial charge in [-0.15, -0.1) is 0 Å². The Hall–Kier alpha value is -1.99. The Morgan fingerprint density at radius 3 is 2.32 bits per heavy atom. The summed E-state index contributed by atoms with van der Waals surface area (Å²) in [4.78, 5) is 24.4. The van der Waals surface area contributed by atoms with E-state index in [4.69, 9.17) is 4.74 Å². The zero-order valence-corrected chi connectivity index (χ0v) is 12.8. The minimum absolute atomic E-state index is 0.00523. The van der Waals surface area contributed by atoms with Crippen molar-refractivity contribution in [1.29, 1.82) is 0 Å². The molecule has 0 saturated carbocycles. The monoisotopic (exact) mass is 322 g/mol. The van der Waals surface area contributed by atoms with E-state index in [0.717, 1.165) is 0 Å². The lowest BCUT2D eigenvalue weighted by Crippen LogP contribution is -2.48. The molecule has 0 aromatic heterocycles. The maximum absolute atomic E-state index is 12.2. The van der Waals surface area contributed by atoms with Gasteiger partial charge in [-0.25, -0.2) is 0 Å². The second kappa shape index (κ2) is 4.50. The van der Waals surface area contributed by atoms with Crippen LogP contribution in [0, 0.1) is 0 Å². The van der Waals surface area contributed by atoms with Gasteiger partial charge in [0.15, 0.2) is 0 Å². The molecule has 0 spiro atoms. The highest BCUT2D eigenvalue weighted by atomic mass is 32.2. The van der Waals surface area contributed by atoms with Crippen LogP contribution >= 0.6 is 0 Å². The Balaban J connectivity index is 2.23. The summed E-state index contributed by atoms with van der Waals surface area (Å²) in [6, 6.07) is 6.53. The molecule has 1 aromatic carbocycles. The number of ketones is 2. The molecule has 0 radical (unpaired) electrons. The number of Topliss-reactive ketones (excluding diaryl/α,β-unsaturated/α-hetero) is 2. The van der Waals surface area contributed by atoms with Crippen LogP contribution in [0.15, 0.2) is 29.8 Å². The number of carbonyl (C=O) groups excluding carboxylic acids is 2. The fourth-order valence-corrected chi connectivity index (χ4v) is 4.07. The van der Waals surface area contributed by atoms with Gasteiger partial charge in [0.1, 0.15) is 16.6 Å². The maximum atomic E-state index is 12.2. The zero-order valence-electron chi connectivity index (χ0n) is 12.0. The number of carbonyl (C=O) groups is 2. The first kappa shape index (κ1) is 14.9. The summed E-state index contributed by atoms with van der Waals surface area (Å²) >= 11 is 0. The lowest BCUT2D eigenvalue weighted by atomic mass is 9.82. The first-order valence-electron chi connectivity index (χ1n) is 6.70. The average molecular weight is 322 g/mol. The van der Waals surface area contributed by atoms with Crippen LogP contribution in [0.5, 0.6) is 0 Å². The van der Waals surface area contributed by atoms with Crippen LogP contribution in [0.2, 0.25) is 0 Å². The summed E-state index contributed by atoms with van der Waals surface area (Å²) in [5, 5.41) is -1.30. The molecular weight excluding hydrogens is 308 g/mol. The van der Waals surface area contributed by atoms with E-state index in [1.807, 2.05) is 0 Å². The molecule has 3 rings (SSSR count). The number of fused-ring (bicyclic) bond motifs is 2. The summed E-state index contributed by atoms with van der Waals surface area (Å²) in [5.41, 5.74) is -0.498. The van der Waals surface area contributed by atoms with Crippen molar-refractivity contribution in [2.45, 2.75) is 31.1 Å². The number of hydrogen-bond acceptors (Lipinski definition) is 5. The van der Waals surface area contributed by atoms with Crippen LogP contribution < -0.4 is 0 Å². The fraction of sp³-hybridized carbons (Fsp3) is 0.333. The Morgan fingerprint density at radius 1 is 1.14 bits per heavy atom. The van der Waals surface area contributed by atoms with E-state index in [9.17, 15) is 22.6 Å². The third kappa shape index (κ3) is 2.08. The molecule has 22 heavy (non-hydrogen) atoms. The van der Waals surface area contributed by atoms with E-state index in [2.05, 4.69) is 0 Å². The third-order valence-electron chi connectivity index (χ3n) is 4.06. The van der Waals surface area contributed by atoms with Crippen molar-refractivity contribution in [2.75, 3.05) is 0 Å². The molecular formula is C15H14O6S. The van der Waals surface area contributed by atoms with Gasteiger partial charge in [0.2, 0.25) is 11.6 Å². The summed E-state index contributed by atoms with van der Waals surface area (Å²) in [7, 11) is -4.43. The Morgan fingerprint density at radius 2 is 1.73 bits per heavy atom. The molecule has 6 nitrogen and oxygen atoms in total. The highest BCUT2D eigenvalue weighted by molar-refractivity contribution is 7.86. The van der Waals surface area contributed by atoms with Crippen molar-refractivity contribution in [3.05, 3.63) is 41.0 Å². The molecule has 1 aliphatic heterocycles. The first-order chi connectivity index (χ1) is 10.1. The van der Waals surface area contributed by atoms with Crippen molar-refractivity contribution in [1.82, 2.24) is 0 Å². The standard InChI is InChI=1S/C15H14O6S/c1-15(2)11(22(18,19)20)7-10-13(17)12(16)8-5-3-4-6-9(8)14(10)21-15/h3-6,11H,7H2,1-2H3,(H,18,19,20)/t11-/m0/s1. The van der Waals surface area contributed by atoms with Crippen molar-refractivity contribution in [2.24, 2.45) is 0 Å². The van der Waals surface area contributed by atoms with Gasteiger partial charge in [0.05, 0.1) is 0 Å². The number of hydrogen-bond donors (Lipinski definition) is 1. The minimum Gasteiger partial charge on any atom is -0.485 e. The van der Waals surface area contributed by atoms with Crippen LogP contribution in [0.4, 0.5) is 0 Å². The highest BCUT2D eigenvalue weighted by Crippen LogP contribution is 2.43. The number of benzene rings is 1. The van der Waals surface area contributed by atoms with Gasteiger partial charge in [-0.05, 0) is 13.8 Å². The topological polar surface area (TPSA) is 97.7 Å². The normalized spacial score (nSPS) is 23.7. The van der Waals surface area contributed by atoms with E-state index in [1.165, 1.54) is 19.9 Å². The number of rotatable bonds is 1. The lowest BCUT2D eigenvalue weighted by Gasteiger charge is -2.40. The molecule has 1 atom stereocenters. The Labute approximate surface area is 127 Å². The van der Waals surface area contributed by atoms with Gasteiger partial charge in [-0.1, -0.05) is 24.3 Å². The molecule has 1 aliphatic carbocycles. The number of allylic oxidation sites excluding steroid dienone is 1. The smallest absolute Gasteiger partial charge is 0.272 e.